The van der Waals surface area contributed by atoms with E-state index in [9.17, 15) is 5.11 Å². The fourth-order valence-corrected chi connectivity index (χ4v) is 2.39. The first kappa shape index (κ1) is 14.8. The first-order valence-corrected chi connectivity index (χ1v) is 6.72. The van der Waals surface area contributed by atoms with Gasteiger partial charge in [0.2, 0.25) is 0 Å². The number of aliphatic hydroxyl groups is 1. The molecule has 0 saturated carbocycles. The van der Waals surface area contributed by atoms with Crippen LogP contribution in [-0.4, -0.2) is 24.4 Å². The number of rotatable bonds is 8. The lowest BCUT2D eigenvalue weighted by Crippen LogP contribution is -2.42. The molecule has 0 amide bonds. The quantitative estimate of drug-likeness (QED) is 0.743. The van der Waals surface area contributed by atoms with E-state index < -0.39 is 0 Å². The third-order valence-electron chi connectivity index (χ3n) is 3.26. The van der Waals surface area contributed by atoms with E-state index >= 15 is 0 Å². The van der Waals surface area contributed by atoms with Gasteiger partial charge in [0.1, 0.15) is 5.75 Å². The predicted octanol–water partition coefficient (Wildman–Crippen LogP) is 3.44. The lowest BCUT2D eigenvalue weighted by atomic mass is 9.89. The van der Waals surface area contributed by atoms with Gasteiger partial charge < -0.3 is 15.2 Å². The van der Waals surface area contributed by atoms with Gasteiger partial charge in [0.05, 0.1) is 19.3 Å². The molecule has 0 spiro atoms. The Balaban J connectivity index is 2.80. The summed E-state index contributed by atoms with van der Waals surface area (Å²) >= 11 is 0. The summed E-state index contributed by atoms with van der Waals surface area (Å²) in [7, 11) is 1.66. The van der Waals surface area contributed by atoms with Crippen LogP contribution in [0.5, 0.6) is 5.75 Å². The largest absolute Gasteiger partial charge is 0.497 e. The first-order valence-electron chi connectivity index (χ1n) is 6.72. The topological polar surface area (TPSA) is 41.5 Å². The Bertz CT molecular complexity index is 329. The molecule has 18 heavy (non-hydrogen) atoms. The normalized spacial score (nSPS) is 11.3. The summed E-state index contributed by atoms with van der Waals surface area (Å²) in [6, 6.07) is 7.86. The fraction of sp³-hybridized carbons (Fsp3) is 0.600. The molecule has 0 aromatic heterocycles. The average Bonchev–Trinajstić information content (AvgIpc) is 2.40. The summed E-state index contributed by atoms with van der Waals surface area (Å²) in [5.41, 5.74) is 0.838. The zero-order valence-electron chi connectivity index (χ0n) is 11.7. The molecule has 0 bridgehead atoms. The van der Waals surface area contributed by atoms with Crippen LogP contribution in [0.2, 0.25) is 0 Å². The van der Waals surface area contributed by atoms with Gasteiger partial charge in [-0.05, 0) is 37.1 Å². The fourth-order valence-electron chi connectivity index (χ4n) is 2.39. The number of anilines is 1. The number of aliphatic hydroxyl groups excluding tert-OH is 1. The van der Waals surface area contributed by atoms with Crippen LogP contribution >= 0.6 is 0 Å². The maximum Gasteiger partial charge on any atom is 0.119 e. The summed E-state index contributed by atoms with van der Waals surface area (Å²) in [5.74, 6) is 0.848. The molecule has 0 fully saturated rings. The molecule has 0 unspecified atom stereocenters. The molecule has 1 rings (SSSR count). The van der Waals surface area contributed by atoms with Crippen LogP contribution < -0.4 is 10.1 Å². The van der Waals surface area contributed by atoms with E-state index in [1.54, 1.807) is 7.11 Å². The number of nitrogens with one attached hydrogen (secondary N) is 1. The van der Waals surface area contributed by atoms with Crippen molar-refractivity contribution in [3.63, 3.8) is 0 Å². The highest BCUT2D eigenvalue weighted by Gasteiger charge is 2.27. The summed E-state index contributed by atoms with van der Waals surface area (Å²) in [6.45, 7) is 4.46. The zero-order chi connectivity index (χ0) is 13.4. The Morgan fingerprint density at radius 1 is 1.11 bits per heavy atom. The highest BCUT2D eigenvalue weighted by molar-refractivity contribution is 5.48. The minimum absolute atomic E-state index is 0.167. The Hall–Kier alpha value is -1.22. The van der Waals surface area contributed by atoms with Crippen LogP contribution in [0.25, 0.3) is 0 Å². The molecule has 0 radical (unpaired) electrons. The molecule has 0 aliphatic carbocycles. The van der Waals surface area contributed by atoms with Crippen molar-refractivity contribution in [3.8, 4) is 5.75 Å². The Labute approximate surface area is 110 Å². The van der Waals surface area contributed by atoms with E-state index in [2.05, 4.69) is 19.2 Å². The molecule has 1 aromatic rings. The molecular formula is C15H25NO2. The molecular weight excluding hydrogens is 226 g/mol. The molecule has 102 valence electrons. The Morgan fingerprint density at radius 3 is 2.06 bits per heavy atom. The molecule has 3 nitrogen and oxygen atoms in total. The smallest absolute Gasteiger partial charge is 0.119 e. The number of hydrogen-bond donors (Lipinski definition) is 2. The van der Waals surface area contributed by atoms with Crippen molar-refractivity contribution in [2.75, 3.05) is 19.0 Å². The van der Waals surface area contributed by atoms with E-state index in [0.29, 0.717) is 0 Å². The van der Waals surface area contributed by atoms with Crippen LogP contribution in [0.15, 0.2) is 24.3 Å². The van der Waals surface area contributed by atoms with Gasteiger partial charge in [-0.15, -0.1) is 0 Å². The second-order valence-corrected chi connectivity index (χ2v) is 4.79. The Kier molecular flexibility index (Phi) is 5.99. The second kappa shape index (κ2) is 7.27. The molecule has 0 aliphatic heterocycles. The van der Waals surface area contributed by atoms with E-state index in [1.807, 2.05) is 24.3 Å². The number of hydrogen-bond acceptors (Lipinski definition) is 3. The van der Waals surface area contributed by atoms with Crippen molar-refractivity contribution < 1.29 is 9.84 Å². The second-order valence-electron chi connectivity index (χ2n) is 4.79. The monoisotopic (exact) mass is 251 g/mol. The maximum atomic E-state index is 9.71. The molecule has 0 aliphatic rings. The summed E-state index contributed by atoms with van der Waals surface area (Å²) in [6.07, 6.45) is 4.07. The van der Waals surface area contributed by atoms with Gasteiger partial charge in [0, 0.05) is 5.69 Å². The number of methoxy groups -OCH3 is 1. The van der Waals surface area contributed by atoms with Gasteiger partial charge in [-0.25, -0.2) is 0 Å². The maximum absolute atomic E-state index is 9.71. The van der Waals surface area contributed by atoms with E-state index in [0.717, 1.165) is 37.1 Å². The lowest BCUT2D eigenvalue weighted by molar-refractivity contribution is 0.192. The van der Waals surface area contributed by atoms with Gasteiger partial charge in [0.25, 0.3) is 0 Å². The standard InChI is InChI=1S/C15H25NO2/c1-4-10-15(12-17,11-5-2)16-13-6-8-14(18-3)9-7-13/h6-9,16-17H,4-5,10-12H2,1-3H3. The van der Waals surface area contributed by atoms with Crippen molar-refractivity contribution in [2.45, 2.75) is 45.1 Å². The molecule has 2 N–H and O–H groups in total. The van der Waals surface area contributed by atoms with Crippen LogP contribution in [-0.2, 0) is 0 Å². The molecule has 0 atom stereocenters. The third kappa shape index (κ3) is 3.91. The summed E-state index contributed by atoms with van der Waals surface area (Å²) in [5, 5.41) is 13.2. The Morgan fingerprint density at radius 2 is 1.67 bits per heavy atom. The van der Waals surface area contributed by atoms with Gasteiger partial charge in [-0.1, -0.05) is 26.7 Å². The van der Waals surface area contributed by atoms with Crippen molar-refractivity contribution in [1.82, 2.24) is 0 Å². The van der Waals surface area contributed by atoms with Crippen LogP contribution in [0.4, 0.5) is 5.69 Å². The highest BCUT2D eigenvalue weighted by atomic mass is 16.5. The van der Waals surface area contributed by atoms with Gasteiger partial charge in [-0.2, -0.15) is 0 Å². The minimum Gasteiger partial charge on any atom is -0.497 e. The van der Waals surface area contributed by atoms with E-state index in [1.165, 1.54) is 0 Å². The SMILES string of the molecule is CCCC(CO)(CCC)Nc1ccc(OC)cc1. The van der Waals surface area contributed by atoms with Crippen molar-refractivity contribution in [1.29, 1.82) is 0 Å². The van der Waals surface area contributed by atoms with Crippen LogP contribution in [0.1, 0.15) is 39.5 Å². The highest BCUT2D eigenvalue weighted by Crippen LogP contribution is 2.26. The van der Waals surface area contributed by atoms with Crippen molar-refractivity contribution >= 4 is 5.69 Å². The van der Waals surface area contributed by atoms with Gasteiger partial charge in [-0.3, -0.25) is 0 Å². The van der Waals surface area contributed by atoms with Crippen LogP contribution in [0, 0.1) is 0 Å². The number of benzene rings is 1. The predicted molar refractivity (Wildman–Crippen MR) is 76.2 cm³/mol. The van der Waals surface area contributed by atoms with Crippen LogP contribution in [0.3, 0.4) is 0 Å². The number of ether oxygens (including phenoxy) is 1. The van der Waals surface area contributed by atoms with Gasteiger partial charge >= 0.3 is 0 Å². The molecule has 1 aromatic carbocycles. The first-order chi connectivity index (χ1) is 8.69. The van der Waals surface area contributed by atoms with E-state index in [-0.39, 0.29) is 12.1 Å². The average molecular weight is 251 g/mol. The van der Waals surface area contributed by atoms with Crippen molar-refractivity contribution in [2.24, 2.45) is 0 Å². The summed E-state index contributed by atoms with van der Waals surface area (Å²) in [4.78, 5) is 0. The molecule has 0 heterocycles. The van der Waals surface area contributed by atoms with Gasteiger partial charge in [0.15, 0.2) is 0 Å². The summed E-state index contributed by atoms with van der Waals surface area (Å²) < 4.78 is 5.14. The lowest BCUT2D eigenvalue weighted by Gasteiger charge is -2.34. The molecule has 3 heteroatoms. The molecule has 0 saturated heterocycles. The van der Waals surface area contributed by atoms with E-state index in [4.69, 9.17) is 4.74 Å². The minimum atomic E-state index is -0.196. The van der Waals surface area contributed by atoms with Crippen molar-refractivity contribution in [3.05, 3.63) is 24.3 Å². The third-order valence-corrected chi connectivity index (χ3v) is 3.26. The zero-order valence-corrected chi connectivity index (χ0v) is 11.7.